The van der Waals surface area contributed by atoms with Crippen molar-refractivity contribution in [3.63, 3.8) is 0 Å². The number of aryl methyl sites for hydroxylation is 1. The Bertz CT molecular complexity index is 2400. The lowest BCUT2D eigenvalue weighted by atomic mass is 10.0. The Morgan fingerprint density at radius 3 is 2.52 bits per heavy atom. The molecule has 50 heavy (non-hydrogen) atoms. The van der Waals surface area contributed by atoms with Gasteiger partial charge in [0.25, 0.3) is 0 Å². The highest BCUT2D eigenvalue weighted by molar-refractivity contribution is 7.84. The van der Waals surface area contributed by atoms with E-state index >= 15 is 0 Å². The molecule has 0 amide bonds. The van der Waals surface area contributed by atoms with Crippen LogP contribution in [0.2, 0.25) is 0 Å². The van der Waals surface area contributed by atoms with Crippen molar-refractivity contribution in [2.24, 2.45) is 0 Å². The van der Waals surface area contributed by atoms with Gasteiger partial charge in [-0.25, -0.2) is 9.37 Å². The van der Waals surface area contributed by atoms with Crippen molar-refractivity contribution in [3.05, 3.63) is 119 Å². The smallest absolute Gasteiger partial charge is 0.323 e. The number of nitrogens with one attached hydrogen (secondary N) is 1. The maximum atomic E-state index is 13.8. The summed E-state index contributed by atoms with van der Waals surface area (Å²) in [6.07, 6.45) is 2.26. The van der Waals surface area contributed by atoms with Crippen LogP contribution in [0.1, 0.15) is 33.8 Å². The Labute approximate surface area is 290 Å². The molecule has 12 heteroatoms. The SMILES string of the molecule is COc1ccc2nc([S@@](=O)Cc3ncc(C)c(OC)c3C)[nH]c2c1.Cc1c(Cc2ccc3ccccc3n2)c2cc(F)ccc2n1CC(=O)O. The standard InChI is InChI=1S/C21H17FN2O2.C17H19N3O3S/c1-13-17(11-16-8-6-14-4-2-3-5-19(14)23-16)18-10-15(22)7-9-20(18)24(13)12-21(25)26;1-10-8-18-15(11(2)16(10)23-4)9-24(21)17-19-13-6-5-12(22-3)7-14(13)20-17/h2-10H,11-12H2,1H3,(H,25,26);5-8H,9H2,1-4H3,(H,19,20)/t;24-/m.0/s1. The van der Waals surface area contributed by atoms with Gasteiger partial charge >= 0.3 is 5.97 Å². The second kappa shape index (κ2) is 14.5. The zero-order chi connectivity index (χ0) is 35.5. The highest BCUT2D eigenvalue weighted by Gasteiger charge is 2.18. The van der Waals surface area contributed by atoms with Crippen LogP contribution in [0.5, 0.6) is 11.5 Å². The fourth-order valence-electron chi connectivity index (χ4n) is 6.08. The predicted octanol–water partition coefficient (Wildman–Crippen LogP) is 7.21. The normalized spacial score (nSPS) is 11.8. The number of fused-ring (bicyclic) bond motifs is 3. The van der Waals surface area contributed by atoms with Gasteiger partial charge in [-0.3, -0.25) is 19.0 Å². The number of aromatic amines is 1. The third kappa shape index (κ3) is 7.06. The van der Waals surface area contributed by atoms with Gasteiger partial charge < -0.3 is 24.1 Å². The molecule has 0 spiro atoms. The molecule has 1 atom stereocenters. The number of carboxylic acids is 1. The minimum absolute atomic E-state index is 0.154. The maximum absolute atomic E-state index is 13.8. The minimum atomic E-state index is -1.33. The largest absolute Gasteiger partial charge is 0.497 e. The monoisotopic (exact) mass is 693 g/mol. The molecule has 7 aromatic rings. The molecule has 7 rings (SSSR count). The molecule has 0 radical (unpaired) electrons. The fraction of sp³-hybridized carbons (Fsp3) is 0.211. The molecule has 0 fully saturated rings. The first-order valence-electron chi connectivity index (χ1n) is 15.8. The van der Waals surface area contributed by atoms with Crippen LogP contribution in [0, 0.1) is 26.6 Å². The maximum Gasteiger partial charge on any atom is 0.323 e. The number of benzene rings is 3. The molecule has 4 aromatic heterocycles. The number of carboxylic acid groups (broad SMARTS) is 1. The van der Waals surface area contributed by atoms with Crippen LogP contribution >= 0.6 is 0 Å². The number of imidazole rings is 1. The summed E-state index contributed by atoms with van der Waals surface area (Å²) in [5, 5.41) is 11.4. The molecule has 3 aromatic carbocycles. The van der Waals surface area contributed by atoms with E-state index in [9.17, 15) is 18.5 Å². The number of hydrogen-bond acceptors (Lipinski definition) is 7. The lowest BCUT2D eigenvalue weighted by Crippen LogP contribution is -2.10. The third-order valence-electron chi connectivity index (χ3n) is 8.62. The van der Waals surface area contributed by atoms with Crippen LogP contribution in [0.3, 0.4) is 0 Å². The van der Waals surface area contributed by atoms with Gasteiger partial charge in [0.1, 0.15) is 23.9 Å². The van der Waals surface area contributed by atoms with E-state index in [4.69, 9.17) is 14.5 Å². The van der Waals surface area contributed by atoms with Gasteiger partial charge in [0.05, 0.1) is 53.0 Å². The topological polar surface area (TPSA) is 132 Å². The molecule has 10 nitrogen and oxygen atoms in total. The van der Waals surface area contributed by atoms with Crippen LogP contribution in [-0.4, -0.2) is 54.0 Å². The predicted molar refractivity (Wildman–Crippen MR) is 192 cm³/mol. The molecular formula is C38H36FN5O5S. The van der Waals surface area contributed by atoms with E-state index in [1.807, 2.05) is 75.4 Å². The van der Waals surface area contributed by atoms with Gasteiger partial charge in [-0.2, -0.15) is 0 Å². The highest BCUT2D eigenvalue weighted by atomic mass is 32.2. The van der Waals surface area contributed by atoms with E-state index < -0.39 is 16.8 Å². The quantitative estimate of drug-likeness (QED) is 0.162. The Balaban J connectivity index is 0.000000174. The number of aliphatic carboxylic acids is 1. The van der Waals surface area contributed by atoms with Crippen molar-refractivity contribution in [1.29, 1.82) is 0 Å². The van der Waals surface area contributed by atoms with E-state index in [0.29, 0.717) is 11.6 Å². The van der Waals surface area contributed by atoms with Crippen LogP contribution in [0.25, 0.3) is 32.8 Å². The van der Waals surface area contributed by atoms with Crippen LogP contribution < -0.4 is 9.47 Å². The second-order valence-corrected chi connectivity index (χ2v) is 13.2. The number of aromatic nitrogens is 5. The third-order valence-corrected chi connectivity index (χ3v) is 9.78. The van der Waals surface area contributed by atoms with Crippen molar-refractivity contribution in [3.8, 4) is 11.5 Å². The van der Waals surface area contributed by atoms with E-state index in [2.05, 4.69) is 15.0 Å². The van der Waals surface area contributed by atoms with E-state index in [-0.39, 0.29) is 18.1 Å². The molecule has 0 saturated heterocycles. The Morgan fingerprint density at radius 1 is 0.960 bits per heavy atom. The number of halogens is 1. The van der Waals surface area contributed by atoms with Gasteiger partial charge in [0.15, 0.2) is 5.16 Å². The summed E-state index contributed by atoms with van der Waals surface area (Å²) in [5.74, 6) is 0.525. The number of methoxy groups -OCH3 is 2. The van der Waals surface area contributed by atoms with E-state index in [1.54, 1.807) is 31.0 Å². The number of rotatable bonds is 9. The molecule has 2 N–H and O–H groups in total. The molecule has 0 aliphatic rings. The number of hydrogen-bond donors (Lipinski definition) is 2. The molecule has 4 heterocycles. The number of carbonyl (C=O) groups is 1. The summed E-state index contributed by atoms with van der Waals surface area (Å²) in [6.45, 7) is 5.58. The molecule has 0 aliphatic heterocycles. The first-order chi connectivity index (χ1) is 24.1. The number of H-pyrrole nitrogens is 1. The lowest BCUT2D eigenvalue weighted by Gasteiger charge is -2.11. The summed E-state index contributed by atoms with van der Waals surface area (Å²) in [7, 11) is 1.91. The van der Waals surface area contributed by atoms with Gasteiger partial charge in [-0.1, -0.05) is 24.3 Å². The molecule has 0 aliphatic carbocycles. The molecule has 256 valence electrons. The van der Waals surface area contributed by atoms with E-state index in [0.717, 1.165) is 78.1 Å². The Morgan fingerprint density at radius 2 is 1.76 bits per heavy atom. The summed E-state index contributed by atoms with van der Waals surface area (Å²) in [6, 6.07) is 21.8. The first kappa shape index (κ1) is 34.3. The Kier molecular flexibility index (Phi) is 9.91. The average Bonchev–Trinajstić information content (AvgIpc) is 3.64. The lowest BCUT2D eigenvalue weighted by molar-refractivity contribution is -0.137. The zero-order valence-corrected chi connectivity index (χ0v) is 29.1. The molecular weight excluding hydrogens is 658 g/mol. The number of ether oxygens (including phenoxy) is 2. The first-order valence-corrected chi connectivity index (χ1v) is 17.1. The number of pyridine rings is 2. The summed E-state index contributed by atoms with van der Waals surface area (Å²) in [5.41, 5.74) is 8.38. The van der Waals surface area contributed by atoms with Gasteiger partial charge in [-0.15, -0.1) is 0 Å². The van der Waals surface area contributed by atoms with Gasteiger partial charge in [-0.05, 0) is 68.8 Å². The van der Waals surface area contributed by atoms with Crippen LogP contribution in [0.15, 0.2) is 84.1 Å². The fourth-order valence-corrected chi connectivity index (χ4v) is 7.18. The molecule has 0 bridgehead atoms. The number of nitrogens with zero attached hydrogens (tertiary/aromatic N) is 4. The summed E-state index contributed by atoms with van der Waals surface area (Å²) >= 11 is 0. The highest BCUT2D eigenvalue weighted by Crippen LogP contribution is 2.30. The zero-order valence-electron chi connectivity index (χ0n) is 28.3. The summed E-state index contributed by atoms with van der Waals surface area (Å²) in [4.78, 5) is 27.8. The molecule has 0 unspecified atom stereocenters. The number of para-hydroxylation sites is 1. The second-order valence-electron chi connectivity index (χ2n) is 11.8. The summed E-state index contributed by atoms with van der Waals surface area (Å²) < 4.78 is 38.8. The van der Waals surface area contributed by atoms with Crippen molar-refractivity contribution in [1.82, 2.24) is 24.5 Å². The van der Waals surface area contributed by atoms with Crippen molar-refractivity contribution >= 4 is 49.6 Å². The van der Waals surface area contributed by atoms with Gasteiger partial charge in [0.2, 0.25) is 0 Å². The average molecular weight is 694 g/mol. The van der Waals surface area contributed by atoms with Gasteiger partial charge in [0, 0.05) is 57.5 Å². The minimum Gasteiger partial charge on any atom is -0.497 e. The van der Waals surface area contributed by atoms with Crippen molar-refractivity contribution in [2.75, 3.05) is 14.2 Å². The van der Waals surface area contributed by atoms with Crippen molar-refractivity contribution in [2.45, 2.75) is 44.6 Å². The molecule has 0 saturated carbocycles. The Hall–Kier alpha value is -5.62. The van der Waals surface area contributed by atoms with Crippen LogP contribution in [-0.2, 0) is 34.3 Å². The van der Waals surface area contributed by atoms with Crippen molar-refractivity contribution < 1.29 is 28.0 Å². The van der Waals surface area contributed by atoms with Crippen LogP contribution in [0.4, 0.5) is 4.39 Å². The van der Waals surface area contributed by atoms with E-state index in [1.165, 1.54) is 12.1 Å².